The van der Waals surface area contributed by atoms with Crippen molar-refractivity contribution < 1.29 is 47.8 Å². The molecule has 1 aliphatic heterocycles. The SMILES string of the molecule is CNC(CNC(=O)CC(=O)NC(CC(C)C)C(=O)OCOC(=O)C(CC(C)C)NC(=O)CC(C)=O)C(=O)OC1CC(C)(C)N(C)C(C)(C)C1. The summed E-state index contributed by atoms with van der Waals surface area (Å²) < 4.78 is 16.0. The van der Waals surface area contributed by atoms with Crippen molar-refractivity contribution in [3.8, 4) is 0 Å². The van der Waals surface area contributed by atoms with E-state index < -0.39 is 67.0 Å². The molecule has 3 atom stereocenters. The van der Waals surface area contributed by atoms with Gasteiger partial charge >= 0.3 is 17.9 Å². The van der Waals surface area contributed by atoms with Gasteiger partial charge in [0.15, 0.2) is 0 Å². The number of amides is 3. The molecule has 1 fully saturated rings. The van der Waals surface area contributed by atoms with E-state index in [9.17, 15) is 33.6 Å². The first kappa shape index (κ1) is 43.4. The van der Waals surface area contributed by atoms with Gasteiger partial charge in [0.05, 0.1) is 6.42 Å². The van der Waals surface area contributed by atoms with Gasteiger partial charge in [0.1, 0.15) is 36.4 Å². The van der Waals surface area contributed by atoms with Crippen molar-refractivity contribution in [1.82, 2.24) is 26.2 Å². The monoisotopic (exact) mass is 697 g/mol. The number of hydrogen-bond acceptors (Lipinski definition) is 12. The first-order valence-corrected chi connectivity index (χ1v) is 16.9. The number of ether oxygens (including phenoxy) is 3. The Hall–Kier alpha value is -3.59. The second kappa shape index (κ2) is 19.6. The Balaban J connectivity index is 2.68. The first-order chi connectivity index (χ1) is 22.6. The molecule has 0 aliphatic carbocycles. The van der Waals surface area contributed by atoms with Gasteiger partial charge in [-0.25, -0.2) is 9.59 Å². The minimum Gasteiger partial charge on any atom is -0.461 e. The fraction of sp³-hybridized carbons (Fsp3) is 0.794. The highest BCUT2D eigenvalue weighted by Crippen LogP contribution is 2.38. The number of hydrogen-bond donors (Lipinski definition) is 4. The van der Waals surface area contributed by atoms with E-state index in [0.29, 0.717) is 12.8 Å². The maximum atomic E-state index is 13.0. The molecule has 15 nitrogen and oxygen atoms in total. The first-order valence-electron chi connectivity index (χ1n) is 16.9. The van der Waals surface area contributed by atoms with E-state index in [1.54, 1.807) is 7.05 Å². The van der Waals surface area contributed by atoms with Gasteiger partial charge < -0.3 is 35.5 Å². The summed E-state index contributed by atoms with van der Waals surface area (Å²) in [6.45, 7) is 16.1. The molecule has 3 unspecified atom stereocenters. The number of nitrogens with zero attached hydrogens (tertiary/aromatic N) is 1. The van der Waals surface area contributed by atoms with Crippen molar-refractivity contribution in [2.45, 2.75) is 136 Å². The molecule has 49 heavy (non-hydrogen) atoms. The summed E-state index contributed by atoms with van der Waals surface area (Å²) in [6.07, 6.45) is 0.421. The Labute approximate surface area is 290 Å². The minimum atomic E-state index is -1.14. The van der Waals surface area contributed by atoms with Crippen LogP contribution >= 0.6 is 0 Å². The molecular formula is C34H59N5O10. The van der Waals surface area contributed by atoms with Gasteiger partial charge in [0.25, 0.3) is 0 Å². The van der Waals surface area contributed by atoms with Crippen LogP contribution < -0.4 is 21.3 Å². The summed E-state index contributed by atoms with van der Waals surface area (Å²) in [6, 6.07) is -3.02. The molecule has 0 spiro atoms. The lowest BCUT2D eigenvalue weighted by Crippen LogP contribution is -2.60. The topological polar surface area (TPSA) is 199 Å². The third kappa shape index (κ3) is 15.7. The summed E-state index contributed by atoms with van der Waals surface area (Å²) in [4.78, 5) is 89.3. The van der Waals surface area contributed by atoms with Crippen LogP contribution in [0.1, 0.15) is 101 Å². The van der Waals surface area contributed by atoms with E-state index in [2.05, 4.69) is 60.9 Å². The fourth-order valence-electron chi connectivity index (χ4n) is 5.77. The molecule has 4 N–H and O–H groups in total. The molecule has 1 saturated heterocycles. The fourth-order valence-corrected chi connectivity index (χ4v) is 5.77. The number of Topliss-reactive ketones (excluding diaryl/α,β-unsaturated/α-hetero) is 1. The molecule has 0 aromatic carbocycles. The number of rotatable bonds is 19. The van der Waals surface area contributed by atoms with Gasteiger partial charge in [0, 0.05) is 30.5 Å². The van der Waals surface area contributed by atoms with Gasteiger partial charge in [-0.1, -0.05) is 27.7 Å². The third-order valence-corrected chi connectivity index (χ3v) is 8.48. The Bertz CT molecular complexity index is 1170. The molecule has 1 heterocycles. The van der Waals surface area contributed by atoms with E-state index in [-0.39, 0.29) is 60.6 Å². The molecule has 0 radical (unpaired) electrons. The van der Waals surface area contributed by atoms with Gasteiger partial charge in [-0.15, -0.1) is 0 Å². The summed E-state index contributed by atoms with van der Waals surface area (Å²) in [5, 5.41) is 10.4. The Kier molecular flexibility index (Phi) is 17.3. The standard InChI is InChI=1S/C34H59N5O10/c1-20(2)12-24(37-28(42)14-22(5)40)30(44)47-19-48-31(45)25(13-21(3)4)38-29(43)15-27(41)36-18-26(35-10)32(46)49-23-16-33(6,7)39(11)34(8,9)17-23/h20-21,23-26,35H,12-19H2,1-11H3,(H,36,41)(H,37,42)(H,38,43). The number of ketones is 1. The number of carbonyl (C=O) groups excluding carboxylic acids is 7. The summed E-state index contributed by atoms with van der Waals surface area (Å²) in [5.41, 5.74) is -0.359. The number of likely N-dealkylation sites (tertiary alicyclic amines) is 1. The Morgan fingerprint density at radius 1 is 0.714 bits per heavy atom. The van der Waals surface area contributed by atoms with E-state index in [1.807, 2.05) is 27.7 Å². The molecular weight excluding hydrogens is 638 g/mol. The molecule has 280 valence electrons. The zero-order chi connectivity index (χ0) is 37.7. The molecule has 0 aromatic heterocycles. The third-order valence-electron chi connectivity index (χ3n) is 8.48. The van der Waals surface area contributed by atoms with Crippen molar-refractivity contribution in [2.75, 3.05) is 27.4 Å². The number of likely N-dealkylation sites (N-methyl/N-ethyl adjacent to an activating group) is 1. The highest BCUT2D eigenvalue weighted by molar-refractivity contribution is 5.99. The van der Waals surface area contributed by atoms with Crippen molar-refractivity contribution in [3.63, 3.8) is 0 Å². The van der Waals surface area contributed by atoms with Crippen LogP contribution in [0.15, 0.2) is 0 Å². The van der Waals surface area contributed by atoms with E-state index in [0.717, 1.165) is 0 Å². The normalized spacial score (nSPS) is 17.7. The number of esters is 3. The van der Waals surface area contributed by atoms with Crippen molar-refractivity contribution in [1.29, 1.82) is 0 Å². The molecule has 0 aromatic rings. The van der Waals surface area contributed by atoms with E-state index in [4.69, 9.17) is 14.2 Å². The highest BCUT2D eigenvalue weighted by atomic mass is 16.7. The predicted octanol–water partition coefficient (Wildman–Crippen LogP) is 1.36. The van der Waals surface area contributed by atoms with Crippen LogP contribution in [0.4, 0.5) is 0 Å². The molecule has 15 heteroatoms. The van der Waals surface area contributed by atoms with Crippen LogP contribution in [0.3, 0.4) is 0 Å². The summed E-state index contributed by atoms with van der Waals surface area (Å²) >= 11 is 0. The van der Waals surface area contributed by atoms with Crippen LogP contribution in [-0.2, 0) is 47.8 Å². The highest BCUT2D eigenvalue weighted by Gasteiger charge is 2.44. The zero-order valence-corrected chi connectivity index (χ0v) is 31.2. The summed E-state index contributed by atoms with van der Waals surface area (Å²) in [7, 11) is 3.63. The molecule has 0 bridgehead atoms. The molecule has 3 amide bonds. The van der Waals surface area contributed by atoms with Gasteiger partial charge in [-0.05, 0) is 73.4 Å². The molecule has 0 saturated carbocycles. The van der Waals surface area contributed by atoms with Gasteiger partial charge in [0.2, 0.25) is 24.5 Å². The van der Waals surface area contributed by atoms with Crippen molar-refractivity contribution >= 4 is 41.4 Å². The van der Waals surface area contributed by atoms with Crippen LogP contribution in [0, 0.1) is 11.8 Å². The molecule has 1 aliphatic rings. The lowest BCUT2D eigenvalue weighted by atomic mass is 9.79. The average molecular weight is 698 g/mol. The average Bonchev–Trinajstić information content (AvgIpc) is 2.94. The second-order valence-corrected chi connectivity index (χ2v) is 14.9. The largest absolute Gasteiger partial charge is 0.461 e. The second-order valence-electron chi connectivity index (χ2n) is 14.9. The predicted molar refractivity (Wildman–Crippen MR) is 181 cm³/mol. The van der Waals surface area contributed by atoms with Crippen LogP contribution in [-0.4, -0.2) is 109 Å². The van der Waals surface area contributed by atoms with Crippen LogP contribution in [0.5, 0.6) is 0 Å². The van der Waals surface area contributed by atoms with Crippen LogP contribution in [0.25, 0.3) is 0 Å². The maximum absolute atomic E-state index is 13.0. The van der Waals surface area contributed by atoms with Gasteiger partial charge in [-0.2, -0.15) is 0 Å². The Morgan fingerprint density at radius 2 is 1.16 bits per heavy atom. The van der Waals surface area contributed by atoms with Crippen molar-refractivity contribution in [2.24, 2.45) is 11.8 Å². The Morgan fingerprint density at radius 3 is 1.57 bits per heavy atom. The summed E-state index contributed by atoms with van der Waals surface area (Å²) in [5.74, 6) is -4.69. The lowest BCUT2D eigenvalue weighted by Gasteiger charge is -2.53. The number of piperidine rings is 1. The quantitative estimate of drug-likeness (QED) is 0.0860. The van der Waals surface area contributed by atoms with Crippen molar-refractivity contribution in [3.05, 3.63) is 0 Å². The smallest absolute Gasteiger partial charge is 0.331 e. The van der Waals surface area contributed by atoms with E-state index >= 15 is 0 Å². The zero-order valence-electron chi connectivity index (χ0n) is 31.2. The lowest BCUT2D eigenvalue weighted by molar-refractivity contribution is -0.172. The minimum absolute atomic E-state index is 0.00264. The van der Waals surface area contributed by atoms with Crippen LogP contribution in [0.2, 0.25) is 0 Å². The number of carbonyl (C=O) groups is 7. The van der Waals surface area contributed by atoms with E-state index in [1.165, 1.54) is 6.92 Å². The number of nitrogens with one attached hydrogen (secondary N) is 4. The van der Waals surface area contributed by atoms with Gasteiger partial charge in [-0.3, -0.25) is 28.9 Å². The maximum Gasteiger partial charge on any atom is 0.331 e. The molecule has 1 rings (SSSR count).